The molecule has 1 aliphatic carbocycles. The largest absolute Gasteiger partial charge is 0.481 e. The highest BCUT2D eigenvalue weighted by molar-refractivity contribution is 5.76. The molecule has 0 amide bonds. The summed E-state index contributed by atoms with van der Waals surface area (Å²) < 4.78 is 15.0. The van der Waals surface area contributed by atoms with Crippen LogP contribution in [0.3, 0.4) is 0 Å². The third kappa shape index (κ3) is 10.0. The minimum absolute atomic E-state index is 0.0129. The van der Waals surface area contributed by atoms with Crippen LogP contribution in [-0.4, -0.2) is 61.5 Å². The second-order valence-corrected chi connectivity index (χ2v) is 6.16. The number of ether oxygens (including phenoxy) is 3. The predicted molar refractivity (Wildman–Crippen MR) is 87.5 cm³/mol. The van der Waals surface area contributed by atoms with Gasteiger partial charge in [-0.2, -0.15) is 0 Å². The second-order valence-electron chi connectivity index (χ2n) is 6.16. The maximum Gasteiger partial charge on any atom is 0.306 e. The van der Waals surface area contributed by atoms with Crippen LogP contribution in [0, 0.1) is 5.92 Å². The number of esters is 2. The van der Waals surface area contributed by atoms with Crippen molar-refractivity contribution in [1.29, 1.82) is 0 Å². The lowest BCUT2D eigenvalue weighted by molar-refractivity contribution is -0.149. The highest BCUT2D eigenvalue weighted by Gasteiger charge is 2.27. The zero-order valence-corrected chi connectivity index (χ0v) is 14.4. The highest BCUT2D eigenvalue weighted by Crippen LogP contribution is 2.25. The Labute approximate surface area is 147 Å². The van der Waals surface area contributed by atoms with E-state index in [1.54, 1.807) is 0 Å². The summed E-state index contributed by atoms with van der Waals surface area (Å²) >= 11 is 0. The van der Waals surface area contributed by atoms with Crippen molar-refractivity contribution in [2.75, 3.05) is 26.4 Å². The van der Waals surface area contributed by atoms with Gasteiger partial charge < -0.3 is 30.8 Å². The summed E-state index contributed by atoms with van der Waals surface area (Å²) in [6.45, 7) is 0.524. The molecule has 0 aromatic heterocycles. The number of hydrogen-bond donors (Lipinski definition) is 3. The average Bonchev–Trinajstić information content (AvgIpc) is 2.55. The van der Waals surface area contributed by atoms with Gasteiger partial charge in [-0.1, -0.05) is 0 Å². The molecule has 0 radical (unpaired) electrons. The molecule has 0 heterocycles. The summed E-state index contributed by atoms with van der Waals surface area (Å²) in [5.74, 6) is -1.69. The average molecular weight is 360 g/mol. The normalized spacial score (nSPS) is 23.0. The summed E-state index contributed by atoms with van der Waals surface area (Å²) in [5.41, 5.74) is 11.7. The summed E-state index contributed by atoms with van der Waals surface area (Å²) in [6, 6.07) is -0.0491. The Hall–Kier alpha value is -1.71. The lowest BCUT2D eigenvalue weighted by atomic mass is 9.81. The zero-order valence-electron chi connectivity index (χ0n) is 14.4. The first-order valence-electron chi connectivity index (χ1n) is 8.50. The van der Waals surface area contributed by atoms with Gasteiger partial charge in [-0.25, -0.2) is 0 Å². The minimum atomic E-state index is -1.05. The lowest BCUT2D eigenvalue weighted by Gasteiger charge is -2.31. The Balaban J connectivity index is 1.96. The molecule has 1 fully saturated rings. The molecule has 1 unspecified atom stereocenters. The van der Waals surface area contributed by atoms with Gasteiger partial charge in [-0.3, -0.25) is 14.4 Å². The number of carbonyl (C=O) groups is 3. The molecule has 0 bridgehead atoms. The van der Waals surface area contributed by atoms with Gasteiger partial charge in [0.2, 0.25) is 0 Å². The van der Waals surface area contributed by atoms with Gasteiger partial charge in [0.25, 0.3) is 0 Å². The number of carboxylic acid groups (broad SMARTS) is 1. The predicted octanol–water partition coefficient (Wildman–Crippen LogP) is -0.201. The molecule has 9 nitrogen and oxygen atoms in total. The summed E-state index contributed by atoms with van der Waals surface area (Å²) in [4.78, 5) is 33.1. The van der Waals surface area contributed by atoms with Crippen LogP contribution >= 0.6 is 0 Å². The third-order valence-corrected chi connectivity index (χ3v) is 4.04. The van der Waals surface area contributed by atoms with E-state index in [0.717, 1.165) is 19.3 Å². The van der Waals surface area contributed by atoms with Crippen LogP contribution in [0.2, 0.25) is 0 Å². The molecular weight excluding hydrogens is 332 g/mol. The first-order chi connectivity index (χ1) is 11.9. The Morgan fingerprint density at radius 1 is 0.880 bits per heavy atom. The van der Waals surface area contributed by atoms with Crippen molar-refractivity contribution in [2.45, 2.75) is 50.6 Å². The molecule has 0 saturated heterocycles. The van der Waals surface area contributed by atoms with Crippen molar-refractivity contribution >= 4 is 17.9 Å². The molecule has 1 aliphatic rings. The minimum Gasteiger partial charge on any atom is -0.481 e. The second kappa shape index (κ2) is 11.8. The Morgan fingerprint density at radius 2 is 1.52 bits per heavy atom. The van der Waals surface area contributed by atoms with E-state index in [1.807, 2.05) is 0 Å². The summed E-state index contributed by atoms with van der Waals surface area (Å²) in [5, 5.41) is 8.42. The Morgan fingerprint density at radius 3 is 2.12 bits per heavy atom. The monoisotopic (exact) mass is 360 g/mol. The maximum absolute atomic E-state index is 11.7. The molecular formula is C16H28N2O7. The van der Waals surface area contributed by atoms with Gasteiger partial charge >= 0.3 is 17.9 Å². The van der Waals surface area contributed by atoms with E-state index >= 15 is 0 Å². The number of aliphatic carboxylic acids is 1. The van der Waals surface area contributed by atoms with Gasteiger partial charge in [0.1, 0.15) is 13.2 Å². The zero-order chi connectivity index (χ0) is 18.7. The molecule has 0 aliphatic heterocycles. The van der Waals surface area contributed by atoms with Gasteiger partial charge in [0.05, 0.1) is 26.1 Å². The standard InChI is InChI=1S/C16H28N2O7/c17-12-2-1-11(9-13(12)18)10-16(22)25-8-6-23-5-7-24-15(21)4-3-14(19)20/h11-13H,1-10,17-18H2,(H,19,20)/t11?,12-,13-/m1/s1. The number of nitrogens with two attached hydrogens (primary N) is 2. The van der Waals surface area contributed by atoms with Gasteiger partial charge in [-0.05, 0) is 25.2 Å². The number of carboxylic acids is 1. The fourth-order valence-electron chi connectivity index (χ4n) is 2.61. The molecule has 5 N–H and O–H groups in total. The van der Waals surface area contributed by atoms with Crippen LogP contribution in [0.15, 0.2) is 0 Å². The fourth-order valence-corrected chi connectivity index (χ4v) is 2.61. The first kappa shape index (κ1) is 21.3. The van der Waals surface area contributed by atoms with Crippen LogP contribution in [0.1, 0.15) is 38.5 Å². The Bertz CT molecular complexity index is 444. The molecule has 9 heteroatoms. The SMILES string of the molecule is N[C@@H]1CCC(CC(=O)OCCOCCOC(=O)CCC(=O)O)C[C@H]1N. The van der Waals surface area contributed by atoms with E-state index in [0.29, 0.717) is 6.42 Å². The molecule has 3 atom stereocenters. The van der Waals surface area contributed by atoms with Crippen molar-refractivity contribution in [1.82, 2.24) is 0 Å². The first-order valence-corrected chi connectivity index (χ1v) is 8.50. The van der Waals surface area contributed by atoms with Crippen LogP contribution < -0.4 is 11.5 Å². The fraction of sp³-hybridized carbons (Fsp3) is 0.812. The van der Waals surface area contributed by atoms with Crippen molar-refractivity contribution in [2.24, 2.45) is 17.4 Å². The smallest absolute Gasteiger partial charge is 0.306 e. The van der Waals surface area contributed by atoms with Gasteiger partial charge in [0.15, 0.2) is 0 Å². The van der Waals surface area contributed by atoms with Crippen LogP contribution in [0.5, 0.6) is 0 Å². The van der Waals surface area contributed by atoms with E-state index < -0.39 is 11.9 Å². The molecule has 144 valence electrons. The van der Waals surface area contributed by atoms with Crippen LogP contribution in [0.25, 0.3) is 0 Å². The van der Waals surface area contributed by atoms with Crippen molar-refractivity contribution in [3.8, 4) is 0 Å². The lowest BCUT2D eigenvalue weighted by Crippen LogP contribution is -2.46. The molecule has 0 aromatic rings. The quantitative estimate of drug-likeness (QED) is 0.336. The number of carbonyl (C=O) groups excluding carboxylic acids is 2. The molecule has 0 spiro atoms. The molecule has 25 heavy (non-hydrogen) atoms. The summed E-state index contributed by atoms with van der Waals surface area (Å²) in [7, 11) is 0. The molecule has 1 rings (SSSR count). The van der Waals surface area contributed by atoms with Crippen LogP contribution in [0.4, 0.5) is 0 Å². The summed E-state index contributed by atoms with van der Waals surface area (Å²) in [6.07, 6.45) is 2.36. The van der Waals surface area contributed by atoms with Gasteiger partial charge in [0, 0.05) is 18.5 Å². The van der Waals surface area contributed by atoms with Gasteiger partial charge in [-0.15, -0.1) is 0 Å². The van der Waals surface area contributed by atoms with E-state index in [9.17, 15) is 14.4 Å². The number of hydrogen-bond acceptors (Lipinski definition) is 8. The highest BCUT2D eigenvalue weighted by atomic mass is 16.6. The molecule has 0 aromatic carbocycles. The van der Waals surface area contributed by atoms with E-state index in [4.69, 9.17) is 30.8 Å². The van der Waals surface area contributed by atoms with E-state index in [1.165, 1.54) is 0 Å². The van der Waals surface area contributed by atoms with Crippen molar-refractivity contribution < 1.29 is 33.7 Å². The van der Waals surface area contributed by atoms with E-state index in [-0.39, 0.29) is 63.2 Å². The maximum atomic E-state index is 11.7. The molecule has 1 saturated carbocycles. The number of rotatable bonds is 11. The van der Waals surface area contributed by atoms with Crippen molar-refractivity contribution in [3.63, 3.8) is 0 Å². The topological polar surface area (TPSA) is 151 Å². The Kier molecular flexibility index (Phi) is 10.0. The third-order valence-electron chi connectivity index (χ3n) is 4.04. The van der Waals surface area contributed by atoms with E-state index in [2.05, 4.69) is 0 Å². The van der Waals surface area contributed by atoms with Crippen LogP contribution in [-0.2, 0) is 28.6 Å². The van der Waals surface area contributed by atoms with Crippen molar-refractivity contribution in [3.05, 3.63) is 0 Å².